The summed E-state index contributed by atoms with van der Waals surface area (Å²) in [4.78, 5) is 68.1. The van der Waals surface area contributed by atoms with E-state index in [9.17, 15) is 29.1 Å². The molecule has 5 atom stereocenters. The van der Waals surface area contributed by atoms with E-state index in [-0.39, 0.29) is 18.8 Å². The Morgan fingerprint density at radius 2 is 1.69 bits per heavy atom. The number of rotatable bonds is 16. The first-order valence-electron chi connectivity index (χ1n) is 11.1. The molecule has 0 saturated heterocycles. The molecule has 14 heteroatoms. The van der Waals surface area contributed by atoms with E-state index >= 15 is 0 Å². The summed E-state index contributed by atoms with van der Waals surface area (Å²) in [5.41, 5.74) is 11.7. The molecule has 196 valence electrons. The molecular formula is C21H35N7O6S. The van der Waals surface area contributed by atoms with E-state index in [2.05, 4.69) is 25.9 Å². The van der Waals surface area contributed by atoms with Crippen molar-refractivity contribution in [2.45, 2.75) is 63.7 Å². The fourth-order valence-corrected chi connectivity index (χ4v) is 3.53. The Bertz CT molecular complexity index is 866. The Balaban J connectivity index is 2.98. The predicted octanol–water partition coefficient (Wildman–Crippen LogP) is -1.51. The summed E-state index contributed by atoms with van der Waals surface area (Å²) in [6, 6.07) is -4.64. The number of aromatic nitrogens is 2. The number of nitrogens with zero attached hydrogens (tertiary/aromatic N) is 1. The quantitative estimate of drug-likeness (QED) is 0.136. The molecule has 0 spiro atoms. The number of imidazole rings is 1. The van der Waals surface area contributed by atoms with Gasteiger partial charge in [-0.1, -0.05) is 20.3 Å². The van der Waals surface area contributed by atoms with Gasteiger partial charge in [-0.3, -0.25) is 19.2 Å². The first-order chi connectivity index (χ1) is 16.5. The molecule has 1 rings (SSSR count). The topological polar surface area (TPSA) is 222 Å². The zero-order valence-electron chi connectivity index (χ0n) is 20.1. The molecule has 1 aromatic heterocycles. The molecule has 0 aliphatic rings. The van der Waals surface area contributed by atoms with Crippen molar-refractivity contribution in [1.82, 2.24) is 25.9 Å². The second-order valence-corrected chi connectivity index (χ2v) is 9.15. The monoisotopic (exact) mass is 513 g/mol. The molecule has 0 aromatic carbocycles. The summed E-state index contributed by atoms with van der Waals surface area (Å²) in [7, 11) is 0. The number of carboxylic acids is 1. The van der Waals surface area contributed by atoms with Crippen molar-refractivity contribution < 1.29 is 29.1 Å². The van der Waals surface area contributed by atoms with Crippen LogP contribution in [-0.2, 0) is 30.4 Å². The molecule has 0 aliphatic heterocycles. The van der Waals surface area contributed by atoms with Gasteiger partial charge in [-0.15, -0.1) is 0 Å². The summed E-state index contributed by atoms with van der Waals surface area (Å²) >= 11 is 1.45. The first kappa shape index (κ1) is 29.9. The maximum absolute atomic E-state index is 13.0. The number of nitrogens with two attached hydrogens (primary N) is 2. The maximum Gasteiger partial charge on any atom is 0.326 e. The van der Waals surface area contributed by atoms with Crippen LogP contribution in [0.2, 0.25) is 0 Å². The van der Waals surface area contributed by atoms with Gasteiger partial charge < -0.3 is 37.5 Å². The summed E-state index contributed by atoms with van der Waals surface area (Å²) in [5, 5.41) is 16.8. The molecule has 1 aromatic rings. The fraction of sp³-hybridized carbons (Fsp3) is 0.619. The van der Waals surface area contributed by atoms with Crippen LogP contribution >= 0.6 is 11.8 Å². The number of carbonyl (C=O) groups is 5. The minimum Gasteiger partial charge on any atom is -0.480 e. The molecule has 0 aliphatic carbocycles. The lowest BCUT2D eigenvalue weighted by molar-refractivity contribution is -0.142. The molecule has 1 heterocycles. The number of amides is 4. The van der Waals surface area contributed by atoms with Gasteiger partial charge in [0, 0.05) is 18.3 Å². The Hall–Kier alpha value is -3.13. The molecule has 9 N–H and O–H groups in total. The van der Waals surface area contributed by atoms with Crippen LogP contribution in [0.4, 0.5) is 0 Å². The number of thioether (sulfide) groups is 1. The molecule has 13 nitrogen and oxygen atoms in total. The van der Waals surface area contributed by atoms with E-state index in [4.69, 9.17) is 11.5 Å². The van der Waals surface area contributed by atoms with E-state index in [0.29, 0.717) is 17.9 Å². The Morgan fingerprint density at radius 3 is 2.20 bits per heavy atom. The third-order valence-electron chi connectivity index (χ3n) is 5.44. The molecule has 0 bridgehead atoms. The van der Waals surface area contributed by atoms with Crippen LogP contribution < -0.4 is 27.4 Å². The average molecular weight is 514 g/mol. The van der Waals surface area contributed by atoms with Gasteiger partial charge in [-0.05, 0) is 24.3 Å². The van der Waals surface area contributed by atoms with Gasteiger partial charge in [0.05, 0.1) is 18.8 Å². The minimum absolute atomic E-state index is 0.0990. The second kappa shape index (κ2) is 15.0. The molecule has 35 heavy (non-hydrogen) atoms. The minimum atomic E-state index is -1.44. The number of primary amides is 1. The summed E-state index contributed by atoms with van der Waals surface area (Å²) in [6.07, 6.45) is 4.85. The van der Waals surface area contributed by atoms with Crippen LogP contribution in [0.25, 0.3) is 0 Å². The predicted molar refractivity (Wildman–Crippen MR) is 130 cm³/mol. The highest BCUT2D eigenvalue weighted by Crippen LogP contribution is 2.08. The average Bonchev–Trinajstić information content (AvgIpc) is 3.32. The summed E-state index contributed by atoms with van der Waals surface area (Å²) in [5.74, 6) is -3.93. The van der Waals surface area contributed by atoms with Gasteiger partial charge in [0.2, 0.25) is 23.6 Å². The van der Waals surface area contributed by atoms with Gasteiger partial charge in [0.1, 0.15) is 18.1 Å². The van der Waals surface area contributed by atoms with Gasteiger partial charge in [-0.25, -0.2) is 9.78 Å². The smallest absolute Gasteiger partial charge is 0.326 e. The number of H-pyrrole nitrogens is 1. The van der Waals surface area contributed by atoms with E-state index in [1.54, 1.807) is 0 Å². The van der Waals surface area contributed by atoms with Gasteiger partial charge in [0.25, 0.3) is 0 Å². The van der Waals surface area contributed by atoms with Crippen LogP contribution in [0.1, 0.15) is 38.8 Å². The van der Waals surface area contributed by atoms with Crippen LogP contribution in [0, 0.1) is 5.92 Å². The lowest BCUT2D eigenvalue weighted by atomic mass is 9.99. The van der Waals surface area contributed by atoms with Crippen molar-refractivity contribution in [2.75, 3.05) is 12.0 Å². The molecule has 0 radical (unpaired) electrons. The first-order valence-corrected chi connectivity index (χ1v) is 12.5. The highest BCUT2D eigenvalue weighted by molar-refractivity contribution is 7.98. The van der Waals surface area contributed by atoms with Crippen LogP contribution in [0.3, 0.4) is 0 Å². The van der Waals surface area contributed by atoms with Crippen LogP contribution in [0.15, 0.2) is 12.5 Å². The third kappa shape index (κ3) is 10.3. The molecule has 0 fully saturated rings. The molecule has 4 amide bonds. The van der Waals surface area contributed by atoms with Crippen molar-refractivity contribution in [1.29, 1.82) is 0 Å². The number of hydrogen-bond donors (Lipinski definition) is 7. The van der Waals surface area contributed by atoms with Crippen LogP contribution in [-0.4, -0.2) is 80.8 Å². The van der Waals surface area contributed by atoms with E-state index < -0.39 is 60.2 Å². The lowest BCUT2D eigenvalue weighted by Crippen LogP contribution is -2.58. The SMILES string of the molecule is CCC(C)C(N)C(=O)NC(CCSC)C(=O)NC(CC(N)=O)C(=O)NC(Cc1cnc[nH]1)C(=O)O. The second-order valence-electron chi connectivity index (χ2n) is 8.17. The van der Waals surface area contributed by atoms with Gasteiger partial charge in [0.15, 0.2) is 0 Å². The number of nitrogens with one attached hydrogen (secondary N) is 4. The number of aromatic amines is 1. The normalized spacial score (nSPS) is 15.2. The molecular weight excluding hydrogens is 478 g/mol. The van der Waals surface area contributed by atoms with E-state index in [1.165, 1.54) is 24.3 Å². The highest BCUT2D eigenvalue weighted by Gasteiger charge is 2.31. The third-order valence-corrected chi connectivity index (χ3v) is 6.08. The van der Waals surface area contributed by atoms with Gasteiger partial charge in [-0.2, -0.15) is 11.8 Å². The summed E-state index contributed by atoms with van der Waals surface area (Å²) in [6.45, 7) is 3.70. The highest BCUT2D eigenvalue weighted by atomic mass is 32.2. The standard InChI is InChI=1S/C21H35N7O6S/c1-4-11(2)17(23)20(32)26-13(5-6-35-3)18(30)27-14(8-16(22)29)19(31)28-15(21(33)34)7-12-9-24-10-25-12/h9-11,13-15,17H,4-8,23H2,1-3H3,(H2,22,29)(H,24,25)(H,26,32)(H,27,30)(H,28,31)(H,33,34). The Morgan fingerprint density at radius 1 is 1.09 bits per heavy atom. The number of carboxylic acid groups (broad SMARTS) is 1. The fourth-order valence-electron chi connectivity index (χ4n) is 3.06. The number of hydrogen-bond acceptors (Lipinski definition) is 8. The summed E-state index contributed by atoms with van der Waals surface area (Å²) < 4.78 is 0. The van der Waals surface area contributed by atoms with Gasteiger partial charge >= 0.3 is 5.97 Å². The molecule has 0 saturated carbocycles. The Kier molecular flexibility index (Phi) is 12.8. The van der Waals surface area contributed by atoms with Crippen molar-refractivity contribution in [3.63, 3.8) is 0 Å². The lowest BCUT2D eigenvalue weighted by Gasteiger charge is -2.25. The van der Waals surface area contributed by atoms with Crippen molar-refractivity contribution in [2.24, 2.45) is 17.4 Å². The van der Waals surface area contributed by atoms with Crippen LogP contribution in [0.5, 0.6) is 0 Å². The number of aliphatic carboxylic acids is 1. The van der Waals surface area contributed by atoms with E-state index in [1.807, 2.05) is 20.1 Å². The zero-order valence-corrected chi connectivity index (χ0v) is 20.9. The Labute approximate surface area is 207 Å². The zero-order chi connectivity index (χ0) is 26.5. The van der Waals surface area contributed by atoms with Crippen molar-refractivity contribution >= 4 is 41.4 Å². The maximum atomic E-state index is 13.0. The van der Waals surface area contributed by atoms with Crippen molar-refractivity contribution in [3.05, 3.63) is 18.2 Å². The van der Waals surface area contributed by atoms with Crippen molar-refractivity contribution in [3.8, 4) is 0 Å². The largest absolute Gasteiger partial charge is 0.480 e. The molecule has 5 unspecified atom stereocenters. The van der Waals surface area contributed by atoms with E-state index in [0.717, 1.165) is 0 Å². The number of carbonyl (C=O) groups excluding carboxylic acids is 4.